The molecular weight excluding hydrogens is 440 g/mol. The lowest BCUT2D eigenvalue weighted by molar-refractivity contribution is -0.244. The van der Waals surface area contributed by atoms with Crippen LogP contribution in [-0.2, 0) is 4.79 Å². The number of hydrogen-bond donors (Lipinski definition) is 4. The number of fused-ring (bicyclic) bond motifs is 7. The molecule has 0 heterocycles. The largest absolute Gasteiger partial charge is 0.481 e. The Morgan fingerprint density at radius 1 is 1.00 bits per heavy atom. The van der Waals surface area contributed by atoms with Gasteiger partial charge in [0.2, 0.25) is 0 Å². The summed E-state index contributed by atoms with van der Waals surface area (Å²) in [7, 11) is 0. The summed E-state index contributed by atoms with van der Waals surface area (Å²) >= 11 is 0. The SMILES string of the molecule is CC1C2C3=CCC4C5(C)CC(O)C(O)C(C)(CO)C5CCC4(C)[C@]3(C)CCC2(C(=O)O)CC[C@H]1C. The molecule has 0 aromatic heterocycles. The summed E-state index contributed by atoms with van der Waals surface area (Å²) in [6, 6.07) is 0. The fraction of sp³-hybridized carbons (Fsp3) is 0.900. The molecule has 0 saturated heterocycles. The Hall–Kier alpha value is -0.910. The van der Waals surface area contributed by atoms with E-state index in [4.69, 9.17) is 0 Å². The van der Waals surface area contributed by atoms with Crippen LogP contribution in [0.15, 0.2) is 11.6 Å². The lowest BCUT2D eigenvalue weighted by Crippen LogP contribution is -2.68. The Kier molecular flexibility index (Phi) is 5.73. The minimum absolute atomic E-state index is 0.00815. The third kappa shape index (κ3) is 2.95. The molecule has 0 aromatic carbocycles. The topological polar surface area (TPSA) is 98.0 Å². The average molecular weight is 489 g/mol. The van der Waals surface area contributed by atoms with Gasteiger partial charge in [0.1, 0.15) is 0 Å². The number of carboxylic acid groups (broad SMARTS) is 1. The van der Waals surface area contributed by atoms with Gasteiger partial charge in [0.05, 0.1) is 24.2 Å². The number of carboxylic acids is 1. The Morgan fingerprint density at radius 2 is 1.69 bits per heavy atom. The molecule has 0 bridgehead atoms. The third-order valence-electron chi connectivity index (χ3n) is 13.5. The van der Waals surface area contributed by atoms with Crippen molar-refractivity contribution in [2.24, 2.45) is 56.7 Å². The number of allylic oxidation sites excluding steroid dienone is 2. The van der Waals surface area contributed by atoms with E-state index in [2.05, 4.69) is 40.7 Å². The van der Waals surface area contributed by atoms with Crippen molar-refractivity contribution in [3.8, 4) is 0 Å². The van der Waals surface area contributed by atoms with Crippen molar-refractivity contribution in [2.45, 2.75) is 105 Å². The fourth-order valence-corrected chi connectivity index (χ4v) is 11.0. The first kappa shape index (κ1) is 25.7. The summed E-state index contributed by atoms with van der Waals surface area (Å²) in [5.74, 6) is 0.828. The molecule has 0 aliphatic heterocycles. The van der Waals surface area contributed by atoms with E-state index in [9.17, 15) is 25.2 Å². The van der Waals surface area contributed by atoms with Crippen molar-refractivity contribution < 1.29 is 25.2 Å². The molecule has 4 N–H and O–H groups in total. The molecule has 5 aliphatic rings. The van der Waals surface area contributed by atoms with Gasteiger partial charge in [-0.3, -0.25) is 4.79 Å². The number of hydrogen-bond acceptors (Lipinski definition) is 4. The standard InChI is InChI=1S/C30H48O5/c1-17-9-12-30(25(34)35)14-13-28(5)19(23(30)18(17)2)7-8-22-26(3)15-20(32)24(33)27(4,16-31)21(26)10-11-29(22,28)6/h7,17-18,20-24,31-33H,8-16H2,1-6H3,(H,34,35)/t17-,18?,20?,21?,22?,23?,24?,26?,27?,28-,29?,30?/m1/s1. The normalized spacial score (nSPS) is 57.7. The van der Waals surface area contributed by atoms with Gasteiger partial charge in [-0.05, 0) is 97.2 Å². The van der Waals surface area contributed by atoms with E-state index in [1.54, 1.807) is 0 Å². The monoisotopic (exact) mass is 488 g/mol. The van der Waals surface area contributed by atoms with Crippen LogP contribution in [0.25, 0.3) is 0 Å². The van der Waals surface area contributed by atoms with Crippen LogP contribution < -0.4 is 0 Å². The maximum absolute atomic E-state index is 12.8. The summed E-state index contributed by atoms with van der Waals surface area (Å²) in [5.41, 5.74) is -0.214. The second-order valence-electron chi connectivity index (χ2n) is 14.5. The van der Waals surface area contributed by atoms with E-state index < -0.39 is 29.0 Å². The van der Waals surface area contributed by atoms with Crippen LogP contribution in [-0.4, -0.2) is 45.2 Å². The minimum atomic E-state index is -0.907. The van der Waals surface area contributed by atoms with E-state index in [-0.39, 0.29) is 34.7 Å². The van der Waals surface area contributed by atoms with Gasteiger partial charge in [-0.15, -0.1) is 0 Å². The molecule has 0 radical (unpaired) electrons. The highest BCUT2D eigenvalue weighted by atomic mass is 16.4. The van der Waals surface area contributed by atoms with Gasteiger partial charge in [-0.25, -0.2) is 0 Å². The van der Waals surface area contributed by atoms with Crippen LogP contribution in [0.4, 0.5) is 0 Å². The van der Waals surface area contributed by atoms with Crippen LogP contribution in [0.2, 0.25) is 0 Å². The highest BCUT2D eigenvalue weighted by Crippen LogP contribution is 2.75. The zero-order chi connectivity index (χ0) is 25.8. The first-order chi connectivity index (χ1) is 16.2. The predicted molar refractivity (Wildman–Crippen MR) is 135 cm³/mol. The van der Waals surface area contributed by atoms with Gasteiger partial charge in [-0.1, -0.05) is 53.2 Å². The molecule has 198 valence electrons. The summed E-state index contributed by atoms with van der Waals surface area (Å²) in [4.78, 5) is 12.8. The van der Waals surface area contributed by atoms with Crippen molar-refractivity contribution >= 4 is 5.97 Å². The number of carbonyl (C=O) groups is 1. The minimum Gasteiger partial charge on any atom is -0.481 e. The number of aliphatic carboxylic acids is 1. The highest BCUT2D eigenvalue weighted by molar-refractivity contribution is 5.76. The van der Waals surface area contributed by atoms with Gasteiger partial charge in [0, 0.05) is 5.41 Å². The van der Waals surface area contributed by atoms with Gasteiger partial charge in [-0.2, -0.15) is 0 Å². The van der Waals surface area contributed by atoms with E-state index in [1.165, 1.54) is 5.57 Å². The predicted octanol–water partition coefficient (Wildman–Crippen LogP) is 5.03. The van der Waals surface area contributed by atoms with Crippen LogP contribution in [0, 0.1) is 56.7 Å². The lowest BCUT2D eigenvalue weighted by Gasteiger charge is -2.71. The Balaban J connectivity index is 1.62. The van der Waals surface area contributed by atoms with E-state index in [1.807, 2.05) is 6.92 Å². The summed E-state index contributed by atoms with van der Waals surface area (Å²) in [5, 5.41) is 42.9. The molecule has 12 atom stereocenters. The van der Waals surface area contributed by atoms with Crippen LogP contribution in [0.1, 0.15) is 92.9 Å². The number of aliphatic hydroxyl groups is 3. The lowest BCUT2D eigenvalue weighted by atomic mass is 9.33. The highest BCUT2D eigenvalue weighted by Gasteiger charge is 2.70. The molecule has 35 heavy (non-hydrogen) atoms. The van der Waals surface area contributed by atoms with Gasteiger partial charge in [0.25, 0.3) is 0 Å². The summed E-state index contributed by atoms with van der Waals surface area (Å²) in [6.07, 6.45) is 7.51. The second-order valence-corrected chi connectivity index (χ2v) is 14.5. The van der Waals surface area contributed by atoms with Crippen LogP contribution in [0.3, 0.4) is 0 Å². The Morgan fingerprint density at radius 3 is 2.31 bits per heavy atom. The molecule has 0 amide bonds. The molecule has 5 nitrogen and oxygen atoms in total. The van der Waals surface area contributed by atoms with Crippen molar-refractivity contribution in [1.82, 2.24) is 0 Å². The molecule has 5 heteroatoms. The smallest absolute Gasteiger partial charge is 0.310 e. The maximum atomic E-state index is 12.8. The summed E-state index contributed by atoms with van der Waals surface area (Å²) in [6.45, 7) is 13.6. The van der Waals surface area contributed by atoms with Crippen molar-refractivity contribution in [1.29, 1.82) is 0 Å². The first-order valence-corrected chi connectivity index (χ1v) is 14.1. The Labute approximate surface area is 211 Å². The first-order valence-electron chi connectivity index (χ1n) is 14.1. The van der Waals surface area contributed by atoms with Crippen LogP contribution in [0.5, 0.6) is 0 Å². The number of aliphatic hydroxyl groups excluding tert-OH is 3. The number of rotatable bonds is 2. The molecule has 10 unspecified atom stereocenters. The molecule has 0 spiro atoms. The summed E-state index contributed by atoms with van der Waals surface area (Å²) < 4.78 is 0. The van der Waals surface area contributed by atoms with Crippen molar-refractivity contribution in [3.63, 3.8) is 0 Å². The van der Waals surface area contributed by atoms with E-state index in [0.29, 0.717) is 24.2 Å². The van der Waals surface area contributed by atoms with Crippen molar-refractivity contribution in [2.75, 3.05) is 6.61 Å². The second kappa shape index (κ2) is 7.80. The molecule has 5 rings (SSSR count). The van der Waals surface area contributed by atoms with Crippen molar-refractivity contribution in [3.05, 3.63) is 11.6 Å². The van der Waals surface area contributed by atoms with E-state index in [0.717, 1.165) is 44.9 Å². The molecule has 5 aliphatic carbocycles. The third-order valence-corrected chi connectivity index (χ3v) is 13.5. The fourth-order valence-electron chi connectivity index (χ4n) is 11.0. The van der Waals surface area contributed by atoms with Gasteiger partial charge in [0.15, 0.2) is 0 Å². The van der Waals surface area contributed by atoms with Gasteiger partial charge >= 0.3 is 5.97 Å². The molecule has 0 aromatic rings. The quantitative estimate of drug-likeness (QED) is 0.409. The zero-order valence-corrected chi connectivity index (χ0v) is 22.7. The average Bonchev–Trinajstić information content (AvgIpc) is 2.80. The molecular formula is C30H48O5. The maximum Gasteiger partial charge on any atom is 0.310 e. The molecule has 4 saturated carbocycles. The van der Waals surface area contributed by atoms with Crippen LogP contribution >= 0.6 is 0 Å². The van der Waals surface area contributed by atoms with Gasteiger partial charge < -0.3 is 20.4 Å². The Bertz CT molecular complexity index is 930. The van der Waals surface area contributed by atoms with E-state index >= 15 is 0 Å². The zero-order valence-electron chi connectivity index (χ0n) is 22.7. The molecule has 4 fully saturated rings.